The van der Waals surface area contributed by atoms with E-state index < -0.39 is 0 Å². The molecule has 160 valence electrons. The van der Waals surface area contributed by atoms with E-state index in [-0.39, 0.29) is 11.8 Å². The van der Waals surface area contributed by atoms with Crippen molar-refractivity contribution in [2.24, 2.45) is 0 Å². The van der Waals surface area contributed by atoms with Crippen LogP contribution in [0.2, 0.25) is 0 Å². The first kappa shape index (κ1) is 21.1. The van der Waals surface area contributed by atoms with E-state index in [9.17, 15) is 4.79 Å². The minimum atomic E-state index is 0.0171. The van der Waals surface area contributed by atoms with E-state index >= 15 is 0 Å². The number of anilines is 2. The third kappa shape index (κ3) is 5.52. The van der Waals surface area contributed by atoms with Crippen LogP contribution in [-0.4, -0.2) is 43.8 Å². The second-order valence-corrected chi connectivity index (χ2v) is 8.82. The number of nitrogens with zero attached hydrogens (tertiary/aromatic N) is 5. The van der Waals surface area contributed by atoms with Crippen molar-refractivity contribution in [3.63, 3.8) is 0 Å². The summed E-state index contributed by atoms with van der Waals surface area (Å²) in [5.41, 5.74) is 2.73. The highest BCUT2D eigenvalue weighted by Gasteiger charge is 2.25. The second kappa shape index (κ2) is 9.34. The van der Waals surface area contributed by atoms with E-state index in [0.29, 0.717) is 12.4 Å². The van der Waals surface area contributed by atoms with E-state index in [1.807, 2.05) is 55.3 Å². The summed E-state index contributed by atoms with van der Waals surface area (Å²) in [4.78, 5) is 32.7. The lowest BCUT2D eigenvalue weighted by atomic mass is 9.94. The Hall–Kier alpha value is -3.13. The summed E-state index contributed by atoms with van der Waals surface area (Å²) in [7, 11) is 0. The maximum absolute atomic E-state index is 12.7. The summed E-state index contributed by atoms with van der Waals surface area (Å²) in [5.74, 6) is 2.38. The number of carbonyl (C=O) groups excluding carboxylic acids is 1. The smallest absolute Gasteiger partial charge is 0.246 e. The maximum atomic E-state index is 12.7. The Morgan fingerprint density at radius 1 is 1.16 bits per heavy atom. The molecule has 0 saturated carbocycles. The van der Waals surface area contributed by atoms with Crippen LogP contribution in [0.1, 0.15) is 46.7 Å². The van der Waals surface area contributed by atoms with Gasteiger partial charge in [0.15, 0.2) is 0 Å². The van der Waals surface area contributed by atoms with Gasteiger partial charge in [-0.15, -0.1) is 11.3 Å². The van der Waals surface area contributed by atoms with Crippen LogP contribution in [0, 0.1) is 20.8 Å². The molecule has 1 saturated heterocycles. The lowest BCUT2D eigenvalue weighted by Gasteiger charge is -2.32. The number of pyridine rings is 1. The molecule has 1 atom stereocenters. The Labute approximate surface area is 186 Å². The number of amides is 1. The van der Waals surface area contributed by atoms with Gasteiger partial charge in [0.1, 0.15) is 17.5 Å². The van der Waals surface area contributed by atoms with Crippen LogP contribution in [-0.2, 0) is 4.79 Å². The summed E-state index contributed by atoms with van der Waals surface area (Å²) in [6.45, 7) is 7.22. The number of hydrogen-bond acceptors (Lipinski definition) is 7. The highest BCUT2D eigenvalue weighted by atomic mass is 32.1. The van der Waals surface area contributed by atoms with Crippen LogP contribution in [0.3, 0.4) is 0 Å². The number of hydrogen-bond donors (Lipinski definition) is 1. The summed E-state index contributed by atoms with van der Waals surface area (Å²) < 4.78 is 0. The molecule has 1 aliphatic rings. The lowest BCUT2D eigenvalue weighted by molar-refractivity contribution is -0.127. The van der Waals surface area contributed by atoms with Gasteiger partial charge in [-0.05, 0) is 51.8 Å². The molecule has 0 aromatic carbocycles. The largest absolute Gasteiger partial charge is 0.338 e. The van der Waals surface area contributed by atoms with Gasteiger partial charge in [0.05, 0.1) is 16.4 Å². The van der Waals surface area contributed by atoms with E-state index in [2.05, 4.69) is 25.3 Å². The first-order valence-electron chi connectivity index (χ1n) is 10.4. The van der Waals surface area contributed by atoms with Gasteiger partial charge in [0.25, 0.3) is 0 Å². The molecule has 1 N–H and O–H groups in total. The van der Waals surface area contributed by atoms with Crippen LogP contribution in [0.25, 0.3) is 6.08 Å². The van der Waals surface area contributed by atoms with Crippen LogP contribution >= 0.6 is 11.3 Å². The number of nitrogens with one attached hydrogen (secondary N) is 1. The topological polar surface area (TPSA) is 83.9 Å². The molecule has 1 aliphatic heterocycles. The first-order chi connectivity index (χ1) is 15.0. The molecule has 0 bridgehead atoms. The predicted octanol–water partition coefficient (Wildman–Crippen LogP) is 4.42. The van der Waals surface area contributed by atoms with E-state index in [1.54, 1.807) is 23.5 Å². The Balaban J connectivity index is 1.46. The average molecular weight is 435 g/mol. The Morgan fingerprint density at radius 3 is 2.81 bits per heavy atom. The minimum absolute atomic E-state index is 0.0171. The van der Waals surface area contributed by atoms with Gasteiger partial charge >= 0.3 is 0 Å². The zero-order valence-electron chi connectivity index (χ0n) is 18.0. The molecule has 0 unspecified atom stereocenters. The molecular formula is C23H26N6OS. The molecule has 7 nitrogen and oxygen atoms in total. The molecular weight excluding hydrogens is 408 g/mol. The predicted molar refractivity (Wildman–Crippen MR) is 123 cm³/mol. The Kier molecular flexibility index (Phi) is 6.36. The monoisotopic (exact) mass is 434 g/mol. The lowest BCUT2D eigenvalue weighted by Crippen LogP contribution is -2.38. The molecule has 3 aromatic rings. The number of aromatic nitrogens is 4. The van der Waals surface area contributed by atoms with Gasteiger partial charge in [0.2, 0.25) is 5.91 Å². The summed E-state index contributed by atoms with van der Waals surface area (Å²) in [5, 5.41) is 6.23. The summed E-state index contributed by atoms with van der Waals surface area (Å²) in [6.07, 6.45) is 5.36. The SMILES string of the molecule is Cc1cccc(Nc2cc([C@@H]3CCCN(C(=O)/C=C/c4csc(C)n4)C3)nc(C)n2)n1. The van der Waals surface area contributed by atoms with Crippen LogP contribution in [0.15, 0.2) is 35.7 Å². The van der Waals surface area contributed by atoms with Gasteiger partial charge in [-0.1, -0.05) is 6.07 Å². The fourth-order valence-corrected chi connectivity index (χ4v) is 4.33. The third-order valence-electron chi connectivity index (χ3n) is 5.19. The standard InChI is InChI=1S/C23H26N6OS/c1-15-6-4-8-21(24-15)28-22-12-20(25-16(2)26-22)18-7-5-11-29(13-18)23(30)10-9-19-14-31-17(3)27-19/h4,6,8-10,12,14,18H,5,7,11,13H2,1-3H3,(H,24,25,26,28)/b10-9+/t18-/m1/s1. The zero-order chi connectivity index (χ0) is 21.8. The molecule has 3 aromatic heterocycles. The maximum Gasteiger partial charge on any atom is 0.246 e. The highest BCUT2D eigenvalue weighted by Crippen LogP contribution is 2.28. The molecule has 4 heterocycles. The number of piperidine rings is 1. The Bertz CT molecular complexity index is 1110. The molecule has 0 aliphatic carbocycles. The molecule has 31 heavy (non-hydrogen) atoms. The van der Waals surface area contributed by atoms with E-state index in [0.717, 1.165) is 53.1 Å². The van der Waals surface area contributed by atoms with Crippen LogP contribution in [0.4, 0.5) is 11.6 Å². The molecule has 8 heteroatoms. The van der Waals surface area contributed by atoms with E-state index in [1.165, 1.54) is 0 Å². The first-order valence-corrected chi connectivity index (χ1v) is 11.3. The van der Waals surface area contributed by atoms with Gasteiger partial charge in [-0.2, -0.15) is 0 Å². The van der Waals surface area contributed by atoms with Crippen LogP contribution < -0.4 is 5.32 Å². The summed E-state index contributed by atoms with van der Waals surface area (Å²) >= 11 is 1.58. The van der Waals surface area contributed by atoms with Crippen LogP contribution in [0.5, 0.6) is 0 Å². The molecule has 0 radical (unpaired) electrons. The second-order valence-electron chi connectivity index (χ2n) is 7.76. The van der Waals surface area contributed by atoms with Crippen molar-refractivity contribution in [2.45, 2.75) is 39.5 Å². The average Bonchev–Trinajstić information content (AvgIpc) is 3.17. The molecule has 4 rings (SSSR count). The quantitative estimate of drug-likeness (QED) is 0.599. The van der Waals surface area contributed by atoms with Crippen molar-refractivity contribution in [3.8, 4) is 0 Å². The molecule has 0 spiro atoms. The number of rotatable bonds is 5. The fourth-order valence-electron chi connectivity index (χ4n) is 3.75. The highest BCUT2D eigenvalue weighted by molar-refractivity contribution is 7.09. The fraction of sp³-hybridized carbons (Fsp3) is 0.348. The van der Waals surface area contributed by atoms with Crippen molar-refractivity contribution in [3.05, 3.63) is 63.6 Å². The number of aryl methyl sites for hydroxylation is 3. The molecule has 1 amide bonds. The number of carbonyl (C=O) groups is 1. The zero-order valence-corrected chi connectivity index (χ0v) is 18.8. The van der Waals surface area contributed by atoms with Gasteiger partial charge in [0, 0.05) is 42.2 Å². The van der Waals surface area contributed by atoms with Gasteiger partial charge < -0.3 is 10.2 Å². The van der Waals surface area contributed by atoms with Crippen molar-refractivity contribution >= 4 is 35.0 Å². The van der Waals surface area contributed by atoms with Crippen molar-refractivity contribution in [1.82, 2.24) is 24.8 Å². The minimum Gasteiger partial charge on any atom is -0.338 e. The van der Waals surface area contributed by atoms with Crippen molar-refractivity contribution < 1.29 is 4.79 Å². The third-order valence-corrected chi connectivity index (χ3v) is 5.98. The number of likely N-dealkylation sites (tertiary alicyclic amines) is 1. The normalized spacial score (nSPS) is 16.6. The molecule has 1 fully saturated rings. The number of thiazole rings is 1. The van der Waals surface area contributed by atoms with Crippen molar-refractivity contribution in [1.29, 1.82) is 0 Å². The van der Waals surface area contributed by atoms with E-state index in [4.69, 9.17) is 0 Å². The van der Waals surface area contributed by atoms with Gasteiger partial charge in [-0.3, -0.25) is 4.79 Å². The van der Waals surface area contributed by atoms with Crippen molar-refractivity contribution in [2.75, 3.05) is 18.4 Å². The summed E-state index contributed by atoms with van der Waals surface area (Å²) in [6, 6.07) is 7.81. The van der Waals surface area contributed by atoms with Gasteiger partial charge in [-0.25, -0.2) is 19.9 Å². The Morgan fingerprint density at radius 2 is 2.03 bits per heavy atom.